The van der Waals surface area contributed by atoms with Crippen LogP contribution in [0.5, 0.6) is 5.75 Å². The van der Waals surface area contributed by atoms with Crippen LogP contribution >= 0.6 is 11.6 Å². The molecule has 11 heteroatoms. The molecule has 3 aromatic carbocycles. The average Bonchev–Trinajstić information content (AvgIpc) is 2.98. The lowest BCUT2D eigenvalue weighted by Gasteiger charge is -2.29. The van der Waals surface area contributed by atoms with Crippen LogP contribution in [0.1, 0.15) is 80.2 Å². The first kappa shape index (κ1) is 36.1. The highest BCUT2D eigenvalue weighted by Crippen LogP contribution is 2.31. The lowest BCUT2D eigenvalue weighted by atomic mass is 9.97. The molecule has 41 heavy (non-hydrogen) atoms. The standard InChI is InChI=1S/C10H12BClO3.2C10H11O2S/c1-3-7(2)9-6-8(12)4-5-10(9)15-11(13)14;2*1-10(2,13-12)9(11)8-6-4-3-5-7-8/h4-7H,3H2,1-2H3;2*3-7H,1-2H3/q-2;2*+1. The summed E-state index contributed by atoms with van der Waals surface area (Å²) in [5.74, 6) is 0.308. The number of carbonyl (C=O) groups excluding carboxylic acids is 2. The van der Waals surface area contributed by atoms with Crippen molar-refractivity contribution < 1.29 is 32.7 Å². The largest absolute Gasteiger partial charge is 0.860 e. The molecular weight excluding hydrogens is 583 g/mol. The van der Waals surface area contributed by atoms with Crippen LogP contribution in [0.15, 0.2) is 78.9 Å². The summed E-state index contributed by atoms with van der Waals surface area (Å²) in [5, 5.41) is 21.4. The second-order valence-corrected chi connectivity index (χ2v) is 12.8. The second kappa shape index (κ2) is 17.2. The molecule has 0 amide bonds. The van der Waals surface area contributed by atoms with Gasteiger partial charge in [-0.05, 0) is 36.1 Å². The van der Waals surface area contributed by atoms with E-state index >= 15 is 0 Å². The molecule has 3 rings (SSSR count). The molecule has 0 spiro atoms. The molecule has 7 nitrogen and oxygen atoms in total. The van der Waals surface area contributed by atoms with Crippen LogP contribution in [-0.4, -0.2) is 28.4 Å². The number of carbonyl (C=O) groups is 2. The molecule has 0 aliphatic rings. The molecular formula is C30H34BClO7S2. The normalized spacial score (nSPS) is 11.4. The molecule has 0 saturated carbocycles. The Bertz CT molecular complexity index is 1220. The van der Waals surface area contributed by atoms with Gasteiger partial charge in [-0.3, -0.25) is 9.59 Å². The number of halogens is 1. The van der Waals surface area contributed by atoms with Crippen LogP contribution in [0.4, 0.5) is 0 Å². The van der Waals surface area contributed by atoms with Gasteiger partial charge in [0.15, 0.2) is 0 Å². The lowest BCUT2D eigenvalue weighted by Crippen LogP contribution is -2.50. The van der Waals surface area contributed by atoms with Crippen molar-refractivity contribution in [3.05, 3.63) is 101 Å². The van der Waals surface area contributed by atoms with Crippen molar-refractivity contribution >= 4 is 53.8 Å². The molecule has 0 heterocycles. The minimum absolute atomic E-state index is 0.117. The minimum atomic E-state index is -2.30. The zero-order chi connectivity index (χ0) is 31.2. The fourth-order valence-electron chi connectivity index (χ4n) is 3.29. The summed E-state index contributed by atoms with van der Waals surface area (Å²) in [6.45, 7) is 10.6. The van der Waals surface area contributed by atoms with Crippen LogP contribution in [0, 0.1) is 0 Å². The van der Waals surface area contributed by atoms with E-state index in [1.807, 2.05) is 26.0 Å². The summed E-state index contributed by atoms with van der Waals surface area (Å²) < 4.78 is 24.2. The predicted octanol–water partition coefficient (Wildman–Crippen LogP) is 5.09. The Morgan fingerprint density at radius 2 is 1.24 bits per heavy atom. The summed E-state index contributed by atoms with van der Waals surface area (Å²) in [4.78, 5) is 23.4. The van der Waals surface area contributed by atoms with E-state index in [-0.39, 0.29) is 17.5 Å². The maximum atomic E-state index is 11.7. The SMILES string of the molecule is CC(C)([S+]=O)C(=O)c1ccccc1.CC(C)([S+]=O)C(=O)c1ccccc1.CCC(C)c1cc(Cl)ccc1OB([O-])[O-]. The third-order valence-electron chi connectivity index (χ3n) is 5.92. The van der Waals surface area contributed by atoms with Gasteiger partial charge in [0.25, 0.3) is 0 Å². The van der Waals surface area contributed by atoms with Gasteiger partial charge in [0.2, 0.25) is 11.6 Å². The highest BCUT2D eigenvalue weighted by atomic mass is 35.5. The van der Waals surface area contributed by atoms with Crippen LogP contribution in [-0.2, 0) is 31.8 Å². The summed E-state index contributed by atoms with van der Waals surface area (Å²) in [6, 6.07) is 22.6. The molecule has 0 aliphatic carbocycles. The van der Waals surface area contributed by atoms with Crippen molar-refractivity contribution in [3.63, 3.8) is 0 Å². The molecule has 0 aromatic heterocycles. The van der Waals surface area contributed by atoms with Gasteiger partial charge in [0, 0.05) is 52.3 Å². The minimum Gasteiger partial charge on any atom is -0.860 e. The first-order chi connectivity index (χ1) is 19.2. The molecule has 1 atom stereocenters. The molecule has 0 aliphatic heterocycles. The van der Waals surface area contributed by atoms with Gasteiger partial charge in [-0.15, -0.1) is 0 Å². The van der Waals surface area contributed by atoms with E-state index < -0.39 is 16.8 Å². The van der Waals surface area contributed by atoms with Gasteiger partial charge in [-0.1, -0.05) is 86.1 Å². The molecule has 0 N–H and O–H groups in total. The highest BCUT2D eigenvalue weighted by Gasteiger charge is 2.43. The first-order valence-electron chi connectivity index (χ1n) is 12.8. The molecule has 0 radical (unpaired) electrons. The van der Waals surface area contributed by atoms with Crippen LogP contribution in [0.25, 0.3) is 0 Å². The topological polar surface area (TPSA) is 124 Å². The van der Waals surface area contributed by atoms with Gasteiger partial charge in [0.1, 0.15) is 7.32 Å². The number of benzene rings is 3. The summed E-state index contributed by atoms with van der Waals surface area (Å²) in [5.41, 5.74) is 1.99. The van der Waals surface area contributed by atoms with Crippen molar-refractivity contribution in [2.24, 2.45) is 0 Å². The first-order valence-corrected chi connectivity index (χ1v) is 14.7. The maximum Gasteiger partial charge on any atom is 0.473 e. The Morgan fingerprint density at radius 3 is 1.59 bits per heavy atom. The van der Waals surface area contributed by atoms with Crippen LogP contribution in [0.2, 0.25) is 5.02 Å². The Hall–Kier alpha value is -2.89. The fraction of sp³-hybridized carbons (Fsp3) is 0.333. The summed E-state index contributed by atoms with van der Waals surface area (Å²) in [6.07, 6.45) is 0.888. The predicted molar refractivity (Wildman–Crippen MR) is 162 cm³/mol. The van der Waals surface area contributed by atoms with E-state index in [9.17, 15) is 28.1 Å². The van der Waals surface area contributed by atoms with Crippen molar-refractivity contribution in [1.82, 2.24) is 0 Å². The van der Waals surface area contributed by atoms with Gasteiger partial charge in [0.05, 0.1) is 5.75 Å². The van der Waals surface area contributed by atoms with Crippen LogP contribution in [0.3, 0.4) is 0 Å². The van der Waals surface area contributed by atoms with E-state index in [0.29, 0.717) is 45.2 Å². The van der Waals surface area contributed by atoms with Crippen molar-refractivity contribution in [2.45, 2.75) is 63.4 Å². The Kier molecular flexibility index (Phi) is 15.1. The smallest absolute Gasteiger partial charge is 0.473 e. The summed E-state index contributed by atoms with van der Waals surface area (Å²) in [7, 11) is -2.30. The quantitative estimate of drug-likeness (QED) is 0.177. The van der Waals surface area contributed by atoms with Crippen molar-refractivity contribution in [2.75, 3.05) is 0 Å². The molecule has 3 aromatic rings. The number of rotatable bonds is 10. The third-order valence-corrected chi connectivity index (χ3v) is 7.36. The van der Waals surface area contributed by atoms with Gasteiger partial charge < -0.3 is 14.7 Å². The van der Waals surface area contributed by atoms with E-state index in [2.05, 4.69) is 4.65 Å². The van der Waals surface area contributed by atoms with E-state index in [4.69, 9.17) is 11.6 Å². The molecule has 218 valence electrons. The van der Waals surface area contributed by atoms with E-state index in [1.54, 1.807) is 94.4 Å². The maximum absolute atomic E-state index is 11.7. The van der Waals surface area contributed by atoms with Gasteiger partial charge in [-0.25, -0.2) is 0 Å². The average molecular weight is 617 g/mol. The zero-order valence-electron chi connectivity index (χ0n) is 23.9. The molecule has 0 bridgehead atoms. The van der Waals surface area contributed by atoms with Gasteiger partial charge >= 0.3 is 32.8 Å². The van der Waals surface area contributed by atoms with Crippen LogP contribution < -0.4 is 14.7 Å². The number of hydrogen-bond acceptors (Lipinski definition) is 7. The zero-order valence-corrected chi connectivity index (χ0v) is 26.3. The lowest BCUT2D eigenvalue weighted by molar-refractivity contribution is -0.372. The van der Waals surface area contributed by atoms with Gasteiger partial charge in [-0.2, -0.15) is 0 Å². The highest BCUT2D eigenvalue weighted by molar-refractivity contribution is 7.68. The number of ketones is 2. The monoisotopic (exact) mass is 616 g/mol. The Balaban J connectivity index is 0.000000309. The number of Topliss-reactive ketones (excluding diaryl/α,β-unsaturated/α-hetero) is 2. The Morgan fingerprint density at radius 1 is 0.829 bits per heavy atom. The molecule has 0 saturated heterocycles. The fourth-order valence-corrected chi connectivity index (χ4v) is 3.85. The Labute approximate surface area is 255 Å². The van der Waals surface area contributed by atoms with E-state index in [1.165, 1.54) is 0 Å². The van der Waals surface area contributed by atoms with Crippen molar-refractivity contribution in [3.8, 4) is 5.75 Å². The summed E-state index contributed by atoms with van der Waals surface area (Å²) >= 11 is 6.50. The third kappa shape index (κ3) is 11.9. The number of hydrogen-bond donors (Lipinski definition) is 0. The molecule has 0 fully saturated rings. The second-order valence-electron chi connectivity index (χ2n) is 9.98. The molecule has 1 unspecified atom stereocenters. The van der Waals surface area contributed by atoms with E-state index in [0.717, 1.165) is 12.0 Å². The van der Waals surface area contributed by atoms with Crippen molar-refractivity contribution in [1.29, 1.82) is 0 Å².